The fourth-order valence-electron chi connectivity index (χ4n) is 1.41. The highest BCUT2D eigenvalue weighted by atomic mass is 79.9. The molecule has 0 atom stereocenters. The Labute approximate surface area is 133 Å². The van der Waals surface area contributed by atoms with Crippen LogP contribution >= 0.6 is 39.1 Å². The van der Waals surface area contributed by atoms with Crippen molar-refractivity contribution in [1.29, 1.82) is 0 Å². The average molecular weight is 377 g/mol. The van der Waals surface area contributed by atoms with Crippen molar-refractivity contribution in [1.82, 2.24) is 4.98 Å². The first-order valence-corrected chi connectivity index (χ1v) is 6.93. The summed E-state index contributed by atoms with van der Waals surface area (Å²) < 4.78 is 10.8. The third-order valence-electron chi connectivity index (χ3n) is 2.35. The van der Waals surface area contributed by atoms with Crippen molar-refractivity contribution in [2.45, 2.75) is 0 Å². The standard InChI is InChI=1S/C13H8BrCl2NO3/c1-19-13(18)7-2-3-17-12(4-7)20-11-6-9(15)8(14)5-10(11)16/h2-6H,1H3. The van der Waals surface area contributed by atoms with Crippen LogP contribution in [0, 0.1) is 0 Å². The summed E-state index contributed by atoms with van der Waals surface area (Å²) in [4.78, 5) is 15.4. The molecule has 20 heavy (non-hydrogen) atoms. The average Bonchev–Trinajstić information content (AvgIpc) is 2.44. The molecule has 0 bridgehead atoms. The molecule has 2 rings (SSSR count). The third-order valence-corrected chi connectivity index (χ3v) is 3.84. The quantitative estimate of drug-likeness (QED) is 0.573. The Balaban J connectivity index is 2.31. The summed E-state index contributed by atoms with van der Waals surface area (Å²) >= 11 is 15.3. The topological polar surface area (TPSA) is 48.4 Å². The van der Waals surface area contributed by atoms with Crippen molar-refractivity contribution in [2.75, 3.05) is 7.11 Å². The molecule has 0 aliphatic heterocycles. The van der Waals surface area contributed by atoms with E-state index < -0.39 is 5.97 Å². The molecule has 1 aromatic heterocycles. The minimum absolute atomic E-state index is 0.216. The molecule has 1 heterocycles. The van der Waals surface area contributed by atoms with Crippen LogP contribution in [0.4, 0.5) is 0 Å². The zero-order chi connectivity index (χ0) is 14.7. The van der Waals surface area contributed by atoms with Gasteiger partial charge in [0.1, 0.15) is 5.75 Å². The Morgan fingerprint density at radius 3 is 2.70 bits per heavy atom. The van der Waals surface area contributed by atoms with E-state index >= 15 is 0 Å². The van der Waals surface area contributed by atoms with Crippen molar-refractivity contribution >= 4 is 45.1 Å². The Morgan fingerprint density at radius 1 is 1.25 bits per heavy atom. The molecule has 1 aromatic carbocycles. The first-order valence-electron chi connectivity index (χ1n) is 5.38. The van der Waals surface area contributed by atoms with E-state index in [1.54, 1.807) is 12.1 Å². The maximum Gasteiger partial charge on any atom is 0.338 e. The summed E-state index contributed by atoms with van der Waals surface area (Å²) in [6.07, 6.45) is 1.44. The second-order valence-electron chi connectivity index (χ2n) is 3.67. The van der Waals surface area contributed by atoms with Crippen molar-refractivity contribution in [3.8, 4) is 11.6 Å². The lowest BCUT2D eigenvalue weighted by Crippen LogP contribution is -2.01. The van der Waals surface area contributed by atoms with E-state index in [1.165, 1.54) is 25.4 Å². The van der Waals surface area contributed by atoms with Crippen LogP contribution in [0.25, 0.3) is 0 Å². The molecule has 0 radical (unpaired) electrons. The lowest BCUT2D eigenvalue weighted by molar-refractivity contribution is 0.0600. The zero-order valence-corrected chi connectivity index (χ0v) is 13.3. The van der Waals surface area contributed by atoms with Gasteiger partial charge in [-0.3, -0.25) is 0 Å². The predicted molar refractivity (Wildman–Crippen MR) is 79.8 cm³/mol. The van der Waals surface area contributed by atoms with Crippen LogP contribution in [0.1, 0.15) is 10.4 Å². The van der Waals surface area contributed by atoms with Gasteiger partial charge in [0, 0.05) is 22.8 Å². The molecule has 0 saturated heterocycles. The zero-order valence-electron chi connectivity index (χ0n) is 10.2. The minimum atomic E-state index is -0.475. The van der Waals surface area contributed by atoms with E-state index in [9.17, 15) is 4.79 Å². The van der Waals surface area contributed by atoms with Crippen LogP contribution in [0.5, 0.6) is 11.6 Å². The van der Waals surface area contributed by atoms with Crippen molar-refractivity contribution in [2.24, 2.45) is 0 Å². The lowest BCUT2D eigenvalue weighted by Gasteiger charge is -2.08. The number of nitrogens with zero attached hydrogens (tertiary/aromatic N) is 1. The van der Waals surface area contributed by atoms with E-state index in [2.05, 4.69) is 25.7 Å². The number of halogens is 3. The van der Waals surface area contributed by atoms with Gasteiger partial charge in [0.25, 0.3) is 0 Å². The lowest BCUT2D eigenvalue weighted by atomic mass is 10.3. The number of carbonyl (C=O) groups is 1. The number of ether oxygens (including phenoxy) is 2. The fourth-order valence-corrected chi connectivity index (χ4v) is 2.24. The molecule has 7 heteroatoms. The van der Waals surface area contributed by atoms with Crippen LogP contribution in [0.3, 0.4) is 0 Å². The van der Waals surface area contributed by atoms with Gasteiger partial charge in [0.05, 0.1) is 22.7 Å². The maximum absolute atomic E-state index is 11.4. The molecule has 104 valence electrons. The summed E-state index contributed by atoms with van der Waals surface area (Å²) in [5.74, 6) is 0.0831. The monoisotopic (exact) mass is 375 g/mol. The molecule has 2 aromatic rings. The van der Waals surface area contributed by atoms with Crippen LogP contribution < -0.4 is 4.74 Å². The first-order chi connectivity index (χ1) is 9.51. The first kappa shape index (κ1) is 15.1. The molecule has 0 unspecified atom stereocenters. The molecule has 0 amide bonds. The van der Waals surface area contributed by atoms with Crippen LogP contribution in [0.2, 0.25) is 10.0 Å². The highest BCUT2D eigenvalue weighted by Crippen LogP contribution is 2.36. The molecular formula is C13H8BrCl2NO3. The number of aromatic nitrogens is 1. The highest BCUT2D eigenvalue weighted by Gasteiger charge is 2.11. The van der Waals surface area contributed by atoms with Gasteiger partial charge in [-0.2, -0.15) is 0 Å². The number of benzene rings is 1. The van der Waals surface area contributed by atoms with E-state index in [-0.39, 0.29) is 5.88 Å². The largest absolute Gasteiger partial charge is 0.465 e. The maximum atomic E-state index is 11.4. The van der Waals surface area contributed by atoms with E-state index in [0.717, 1.165) is 0 Å². The Bertz CT molecular complexity index is 664. The van der Waals surface area contributed by atoms with Gasteiger partial charge >= 0.3 is 5.97 Å². The Kier molecular flexibility index (Phi) is 4.86. The summed E-state index contributed by atoms with van der Waals surface area (Å²) in [7, 11) is 1.30. The summed E-state index contributed by atoms with van der Waals surface area (Å²) in [6, 6.07) is 6.15. The highest BCUT2D eigenvalue weighted by molar-refractivity contribution is 9.10. The van der Waals surface area contributed by atoms with Crippen molar-refractivity contribution in [3.05, 3.63) is 50.5 Å². The number of pyridine rings is 1. The van der Waals surface area contributed by atoms with E-state index in [4.69, 9.17) is 27.9 Å². The normalized spacial score (nSPS) is 10.2. The molecule has 0 aliphatic carbocycles. The molecular weight excluding hydrogens is 369 g/mol. The smallest absolute Gasteiger partial charge is 0.338 e. The number of hydrogen-bond acceptors (Lipinski definition) is 4. The van der Waals surface area contributed by atoms with Crippen LogP contribution in [0.15, 0.2) is 34.9 Å². The SMILES string of the molecule is COC(=O)c1ccnc(Oc2cc(Cl)c(Br)cc2Cl)c1. The summed E-state index contributed by atoms with van der Waals surface area (Å²) in [5, 5.41) is 0.820. The van der Waals surface area contributed by atoms with Gasteiger partial charge in [0.15, 0.2) is 0 Å². The van der Waals surface area contributed by atoms with Gasteiger partial charge in [-0.15, -0.1) is 0 Å². The number of rotatable bonds is 3. The van der Waals surface area contributed by atoms with Crippen LogP contribution in [-0.2, 0) is 4.74 Å². The minimum Gasteiger partial charge on any atom is -0.465 e. The number of carbonyl (C=O) groups excluding carboxylic acids is 1. The van der Waals surface area contributed by atoms with Crippen molar-refractivity contribution in [3.63, 3.8) is 0 Å². The third kappa shape index (κ3) is 3.42. The van der Waals surface area contributed by atoms with Crippen LogP contribution in [-0.4, -0.2) is 18.1 Å². The second-order valence-corrected chi connectivity index (χ2v) is 5.34. The number of esters is 1. The molecule has 0 aliphatic rings. The predicted octanol–water partition coefficient (Wildman–Crippen LogP) is 4.73. The second kappa shape index (κ2) is 6.43. The Hall–Kier alpha value is -1.30. The van der Waals surface area contributed by atoms with Gasteiger partial charge in [-0.1, -0.05) is 23.2 Å². The number of methoxy groups -OCH3 is 1. The number of hydrogen-bond donors (Lipinski definition) is 0. The fraction of sp³-hybridized carbons (Fsp3) is 0.0769. The molecule has 4 nitrogen and oxygen atoms in total. The molecule has 0 N–H and O–H groups in total. The molecule has 0 saturated carbocycles. The van der Waals surface area contributed by atoms with E-state index in [0.29, 0.717) is 25.8 Å². The Morgan fingerprint density at radius 2 is 2.00 bits per heavy atom. The van der Waals surface area contributed by atoms with E-state index in [1.807, 2.05) is 0 Å². The van der Waals surface area contributed by atoms with Gasteiger partial charge < -0.3 is 9.47 Å². The molecule has 0 fully saturated rings. The summed E-state index contributed by atoms with van der Waals surface area (Å²) in [5.41, 5.74) is 0.330. The van der Waals surface area contributed by atoms with Gasteiger partial charge in [0.2, 0.25) is 5.88 Å². The van der Waals surface area contributed by atoms with Crippen molar-refractivity contribution < 1.29 is 14.3 Å². The van der Waals surface area contributed by atoms with Gasteiger partial charge in [-0.05, 0) is 28.1 Å². The van der Waals surface area contributed by atoms with Gasteiger partial charge in [-0.25, -0.2) is 9.78 Å². The summed E-state index contributed by atoms with van der Waals surface area (Å²) in [6.45, 7) is 0. The molecule has 0 spiro atoms.